The molecule has 2 unspecified atom stereocenters. The maximum Gasteiger partial charge on any atom is 0.270 e. The zero-order chi connectivity index (χ0) is 14.7. The Bertz CT molecular complexity index is 495. The van der Waals surface area contributed by atoms with Crippen LogP contribution in [0.25, 0.3) is 0 Å². The molecule has 0 bridgehead atoms. The highest BCUT2D eigenvalue weighted by Crippen LogP contribution is 2.23. The molecule has 0 aliphatic carbocycles. The van der Waals surface area contributed by atoms with Gasteiger partial charge in [0.2, 0.25) is 0 Å². The molecule has 1 aromatic carbocycles. The molecular formula is C14H20ClN3O2. The lowest BCUT2D eigenvalue weighted by molar-refractivity contribution is -0.384. The Hall–Kier alpha value is -1.17. The van der Waals surface area contributed by atoms with Crippen LogP contribution < -0.4 is 5.32 Å². The van der Waals surface area contributed by atoms with Crippen molar-refractivity contribution in [2.24, 2.45) is 0 Å². The van der Waals surface area contributed by atoms with Crippen LogP contribution in [0.3, 0.4) is 0 Å². The van der Waals surface area contributed by atoms with Gasteiger partial charge in [-0.25, -0.2) is 0 Å². The fraction of sp³-hybridized carbons (Fsp3) is 0.571. The molecule has 110 valence electrons. The summed E-state index contributed by atoms with van der Waals surface area (Å²) in [5.41, 5.74) is 0.940. The summed E-state index contributed by atoms with van der Waals surface area (Å²) in [6.45, 7) is 3.97. The molecule has 1 aliphatic heterocycles. The van der Waals surface area contributed by atoms with Gasteiger partial charge in [-0.05, 0) is 45.0 Å². The summed E-state index contributed by atoms with van der Waals surface area (Å²) in [6.07, 6.45) is 2.23. The molecule has 5 nitrogen and oxygen atoms in total. The van der Waals surface area contributed by atoms with Gasteiger partial charge in [-0.3, -0.25) is 10.1 Å². The van der Waals surface area contributed by atoms with Crippen molar-refractivity contribution in [1.29, 1.82) is 0 Å². The van der Waals surface area contributed by atoms with Crippen molar-refractivity contribution in [3.63, 3.8) is 0 Å². The van der Waals surface area contributed by atoms with Gasteiger partial charge in [0, 0.05) is 30.8 Å². The number of nitro benzene ring substituents is 1. The normalized spacial score (nSPS) is 23.8. The standard InChI is InChI=1S/C14H20ClN3O2/c1-10-7-12(5-6-17(10)2)16-9-11-3-4-13(18(19)20)8-14(11)15/h3-4,8,10,12,16H,5-7,9H2,1-2H3. The summed E-state index contributed by atoms with van der Waals surface area (Å²) in [5, 5.41) is 14.6. The first-order chi connectivity index (χ1) is 9.47. The van der Waals surface area contributed by atoms with Gasteiger partial charge in [-0.2, -0.15) is 0 Å². The average Bonchev–Trinajstić information content (AvgIpc) is 2.41. The van der Waals surface area contributed by atoms with E-state index in [-0.39, 0.29) is 5.69 Å². The quantitative estimate of drug-likeness (QED) is 0.686. The van der Waals surface area contributed by atoms with Crippen LogP contribution >= 0.6 is 11.6 Å². The van der Waals surface area contributed by atoms with Crippen molar-refractivity contribution in [2.75, 3.05) is 13.6 Å². The Balaban J connectivity index is 1.93. The molecule has 1 N–H and O–H groups in total. The van der Waals surface area contributed by atoms with E-state index in [1.165, 1.54) is 12.1 Å². The summed E-state index contributed by atoms with van der Waals surface area (Å²) in [6, 6.07) is 5.70. The molecular weight excluding hydrogens is 278 g/mol. The van der Waals surface area contributed by atoms with E-state index in [0.29, 0.717) is 23.7 Å². The Morgan fingerprint density at radius 2 is 2.30 bits per heavy atom. The van der Waals surface area contributed by atoms with Crippen molar-refractivity contribution in [2.45, 2.75) is 38.4 Å². The number of non-ortho nitro benzene ring substituents is 1. The Morgan fingerprint density at radius 1 is 1.55 bits per heavy atom. The second-order valence-corrected chi connectivity index (χ2v) is 5.87. The summed E-state index contributed by atoms with van der Waals surface area (Å²) < 4.78 is 0. The molecule has 0 spiro atoms. The fourth-order valence-electron chi connectivity index (χ4n) is 2.52. The predicted octanol–water partition coefficient (Wildman–Crippen LogP) is 2.82. The van der Waals surface area contributed by atoms with E-state index < -0.39 is 4.92 Å². The molecule has 1 saturated heterocycles. The van der Waals surface area contributed by atoms with Crippen molar-refractivity contribution in [1.82, 2.24) is 10.2 Å². The lowest BCUT2D eigenvalue weighted by Gasteiger charge is -2.35. The van der Waals surface area contributed by atoms with Crippen LogP contribution in [-0.4, -0.2) is 35.5 Å². The molecule has 6 heteroatoms. The summed E-state index contributed by atoms with van der Waals surface area (Å²) in [7, 11) is 2.15. The number of halogens is 1. The van der Waals surface area contributed by atoms with Crippen LogP contribution in [0.15, 0.2) is 18.2 Å². The first-order valence-electron chi connectivity index (χ1n) is 6.84. The molecule has 1 heterocycles. The third kappa shape index (κ3) is 3.69. The third-order valence-corrected chi connectivity index (χ3v) is 4.39. The molecule has 0 radical (unpaired) electrons. The van der Waals surface area contributed by atoms with Crippen molar-refractivity contribution < 1.29 is 4.92 Å². The molecule has 1 aromatic rings. The number of nitrogens with zero attached hydrogens (tertiary/aromatic N) is 2. The zero-order valence-electron chi connectivity index (χ0n) is 11.8. The van der Waals surface area contributed by atoms with Crippen LogP contribution in [0.2, 0.25) is 5.02 Å². The minimum atomic E-state index is -0.429. The number of rotatable bonds is 4. The molecule has 20 heavy (non-hydrogen) atoms. The van der Waals surface area contributed by atoms with Gasteiger partial charge in [0.25, 0.3) is 5.69 Å². The predicted molar refractivity (Wildman–Crippen MR) is 80.1 cm³/mol. The molecule has 0 amide bonds. The van der Waals surface area contributed by atoms with Gasteiger partial charge in [0.15, 0.2) is 0 Å². The van der Waals surface area contributed by atoms with Gasteiger partial charge in [0.1, 0.15) is 0 Å². The maximum absolute atomic E-state index is 10.7. The first-order valence-corrected chi connectivity index (χ1v) is 7.21. The number of nitro groups is 1. The van der Waals surface area contributed by atoms with Gasteiger partial charge < -0.3 is 10.2 Å². The molecule has 0 saturated carbocycles. The highest BCUT2D eigenvalue weighted by Gasteiger charge is 2.22. The SMILES string of the molecule is CC1CC(NCc2ccc([N+](=O)[O-])cc2Cl)CCN1C. The van der Waals surface area contributed by atoms with Gasteiger partial charge >= 0.3 is 0 Å². The number of benzene rings is 1. The Kier molecular flexibility index (Phi) is 4.96. The second kappa shape index (κ2) is 6.52. The maximum atomic E-state index is 10.7. The van der Waals surface area contributed by atoms with Gasteiger partial charge in [-0.1, -0.05) is 11.6 Å². The third-order valence-electron chi connectivity index (χ3n) is 4.04. The smallest absolute Gasteiger partial charge is 0.270 e. The summed E-state index contributed by atoms with van der Waals surface area (Å²) in [4.78, 5) is 12.6. The highest BCUT2D eigenvalue weighted by molar-refractivity contribution is 6.31. The summed E-state index contributed by atoms with van der Waals surface area (Å²) in [5.74, 6) is 0. The molecule has 1 aliphatic rings. The van der Waals surface area contributed by atoms with Crippen molar-refractivity contribution in [3.05, 3.63) is 38.9 Å². The average molecular weight is 298 g/mol. The van der Waals surface area contributed by atoms with Crippen LogP contribution in [0, 0.1) is 10.1 Å². The number of hydrogen-bond donors (Lipinski definition) is 1. The van der Waals surface area contributed by atoms with Crippen LogP contribution in [-0.2, 0) is 6.54 Å². The van der Waals surface area contributed by atoms with Crippen molar-refractivity contribution >= 4 is 17.3 Å². The topological polar surface area (TPSA) is 58.4 Å². The number of hydrogen-bond acceptors (Lipinski definition) is 4. The van der Waals surface area contributed by atoms with E-state index in [0.717, 1.165) is 24.9 Å². The van der Waals surface area contributed by atoms with Crippen LogP contribution in [0.1, 0.15) is 25.3 Å². The van der Waals surface area contributed by atoms with E-state index in [9.17, 15) is 10.1 Å². The molecule has 1 fully saturated rings. The Morgan fingerprint density at radius 3 is 2.90 bits per heavy atom. The number of nitrogens with one attached hydrogen (secondary N) is 1. The summed E-state index contributed by atoms with van der Waals surface area (Å²) >= 11 is 6.09. The molecule has 2 rings (SSSR count). The molecule has 0 aromatic heterocycles. The zero-order valence-corrected chi connectivity index (χ0v) is 12.6. The lowest BCUT2D eigenvalue weighted by Crippen LogP contribution is -2.45. The minimum absolute atomic E-state index is 0.0339. The fourth-order valence-corrected chi connectivity index (χ4v) is 2.76. The monoisotopic (exact) mass is 297 g/mol. The first kappa shape index (κ1) is 15.2. The highest BCUT2D eigenvalue weighted by atomic mass is 35.5. The largest absolute Gasteiger partial charge is 0.310 e. The van der Waals surface area contributed by atoms with E-state index >= 15 is 0 Å². The van der Waals surface area contributed by atoms with E-state index in [1.807, 2.05) is 0 Å². The van der Waals surface area contributed by atoms with Crippen molar-refractivity contribution in [3.8, 4) is 0 Å². The van der Waals surface area contributed by atoms with Crippen LogP contribution in [0.4, 0.5) is 5.69 Å². The van der Waals surface area contributed by atoms with Crippen LogP contribution in [0.5, 0.6) is 0 Å². The lowest BCUT2D eigenvalue weighted by atomic mass is 9.98. The van der Waals surface area contributed by atoms with E-state index in [4.69, 9.17) is 11.6 Å². The minimum Gasteiger partial charge on any atom is -0.310 e. The van der Waals surface area contributed by atoms with E-state index in [2.05, 4.69) is 24.2 Å². The van der Waals surface area contributed by atoms with E-state index in [1.54, 1.807) is 6.07 Å². The number of piperidine rings is 1. The van der Waals surface area contributed by atoms with Gasteiger partial charge in [-0.15, -0.1) is 0 Å². The number of likely N-dealkylation sites (tertiary alicyclic amines) is 1. The van der Waals surface area contributed by atoms with Gasteiger partial charge in [0.05, 0.1) is 9.95 Å². The molecule has 2 atom stereocenters. The Labute approximate surface area is 124 Å². The second-order valence-electron chi connectivity index (χ2n) is 5.46.